The quantitative estimate of drug-likeness (QED) is 0.766. The van der Waals surface area contributed by atoms with Gasteiger partial charge in [0, 0.05) is 23.6 Å². The maximum atomic E-state index is 12.1. The van der Waals surface area contributed by atoms with E-state index in [1.54, 1.807) is 12.4 Å². The number of pyridine rings is 1. The van der Waals surface area contributed by atoms with Gasteiger partial charge >= 0.3 is 6.03 Å². The number of rotatable bonds is 3. The summed E-state index contributed by atoms with van der Waals surface area (Å²) in [6.07, 6.45) is 3.38. The van der Waals surface area contributed by atoms with Crippen molar-refractivity contribution in [2.75, 3.05) is 10.6 Å². The van der Waals surface area contributed by atoms with Crippen LogP contribution in [-0.4, -0.2) is 21.2 Å². The second-order valence-corrected chi connectivity index (χ2v) is 6.08. The number of hydrogen-bond acceptors (Lipinski definition) is 5. The van der Waals surface area contributed by atoms with E-state index in [4.69, 9.17) is 0 Å². The van der Waals surface area contributed by atoms with Crippen molar-refractivity contribution in [2.45, 2.75) is 13.8 Å². The molecule has 0 atom stereocenters. The predicted molar refractivity (Wildman–Crippen MR) is 91.7 cm³/mol. The number of aryl methyl sites for hydroxylation is 2. The molecule has 0 spiro atoms. The molecule has 0 unspecified atom stereocenters. The maximum Gasteiger partial charge on any atom is 0.325 e. The molecule has 0 saturated heterocycles. The fourth-order valence-electron chi connectivity index (χ4n) is 2.19. The van der Waals surface area contributed by atoms with E-state index < -0.39 is 0 Å². The molecule has 3 rings (SSSR count). The summed E-state index contributed by atoms with van der Waals surface area (Å²) in [5.74, 6) is 0. The minimum absolute atomic E-state index is 0.340. The van der Waals surface area contributed by atoms with Crippen LogP contribution in [0, 0.1) is 13.8 Å². The van der Waals surface area contributed by atoms with E-state index in [9.17, 15) is 4.79 Å². The molecule has 2 N–H and O–H groups in total. The third-order valence-electron chi connectivity index (χ3n) is 3.05. The molecular weight excluding hydrogens is 310 g/mol. The van der Waals surface area contributed by atoms with Gasteiger partial charge in [-0.2, -0.15) is 0 Å². The van der Waals surface area contributed by atoms with Crippen LogP contribution in [0.5, 0.6) is 0 Å². The molecule has 2 heterocycles. The largest absolute Gasteiger partial charge is 0.325 e. The minimum atomic E-state index is -0.340. The van der Waals surface area contributed by atoms with Crippen LogP contribution in [0.3, 0.4) is 0 Å². The van der Waals surface area contributed by atoms with Gasteiger partial charge in [-0.25, -0.2) is 4.79 Å². The Morgan fingerprint density at radius 2 is 1.70 bits per heavy atom. The van der Waals surface area contributed by atoms with Gasteiger partial charge in [0.2, 0.25) is 5.13 Å². The molecule has 0 aliphatic rings. The van der Waals surface area contributed by atoms with E-state index in [-0.39, 0.29) is 6.03 Å². The summed E-state index contributed by atoms with van der Waals surface area (Å²) in [5, 5.41) is 14.7. The number of benzene rings is 1. The molecule has 7 heteroatoms. The van der Waals surface area contributed by atoms with E-state index in [1.165, 1.54) is 11.3 Å². The van der Waals surface area contributed by atoms with E-state index in [0.29, 0.717) is 5.13 Å². The number of urea groups is 1. The first-order chi connectivity index (χ1) is 11.1. The standard InChI is InChI=1S/C16H15N5OS/c1-10-7-11(2)9-13(8-10)18-15(22)19-16-21-20-14(23-16)12-3-5-17-6-4-12/h3-9H,1-2H3,(H2,18,19,21,22). The van der Waals surface area contributed by atoms with Crippen LogP contribution < -0.4 is 10.6 Å². The van der Waals surface area contributed by atoms with E-state index in [1.807, 2.05) is 38.1 Å². The highest BCUT2D eigenvalue weighted by Gasteiger charge is 2.10. The number of amides is 2. The smallest absolute Gasteiger partial charge is 0.308 e. The highest BCUT2D eigenvalue weighted by atomic mass is 32.1. The summed E-state index contributed by atoms with van der Waals surface area (Å²) in [6, 6.07) is 9.23. The van der Waals surface area contributed by atoms with Crippen molar-refractivity contribution in [2.24, 2.45) is 0 Å². The van der Waals surface area contributed by atoms with Crippen LogP contribution >= 0.6 is 11.3 Å². The molecule has 116 valence electrons. The van der Waals surface area contributed by atoms with E-state index >= 15 is 0 Å². The van der Waals surface area contributed by atoms with Crippen LogP contribution in [-0.2, 0) is 0 Å². The van der Waals surface area contributed by atoms with Crippen LogP contribution in [0.1, 0.15) is 11.1 Å². The number of carbonyl (C=O) groups is 1. The van der Waals surface area contributed by atoms with Crippen LogP contribution in [0.15, 0.2) is 42.7 Å². The first-order valence-corrected chi connectivity index (χ1v) is 7.82. The fourth-order valence-corrected chi connectivity index (χ4v) is 2.94. The molecule has 2 amide bonds. The number of nitrogens with zero attached hydrogens (tertiary/aromatic N) is 3. The lowest BCUT2D eigenvalue weighted by molar-refractivity contribution is 0.262. The third-order valence-corrected chi connectivity index (χ3v) is 3.94. The van der Waals surface area contributed by atoms with Crippen LogP contribution in [0.2, 0.25) is 0 Å². The van der Waals surface area contributed by atoms with Crippen molar-refractivity contribution >= 4 is 28.2 Å². The molecule has 2 aromatic heterocycles. The molecule has 0 aliphatic heterocycles. The summed E-state index contributed by atoms with van der Waals surface area (Å²) in [6.45, 7) is 3.98. The molecule has 6 nitrogen and oxygen atoms in total. The van der Waals surface area contributed by atoms with Crippen molar-refractivity contribution in [3.05, 3.63) is 53.9 Å². The summed E-state index contributed by atoms with van der Waals surface area (Å²) in [5.41, 5.74) is 3.85. The van der Waals surface area contributed by atoms with Crippen LogP contribution in [0.25, 0.3) is 10.6 Å². The molecule has 1 aromatic carbocycles. The van der Waals surface area contributed by atoms with Crippen molar-refractivity contribution in [1.82, 2.24) is 15.2 Å². The molecule has 23 heavy (non-hydrogen) atoms. The Kier molecular flexibility index (Phi) is 4.29. The topological polar surface area (TPSA) is 79.8 Å². The Morgan fingerprint density at radius 3 is 2.39 bits per heavy atom. The lowest BCUT2D eigenvalue weighted by atomic mass is 10.1. The molecule has 0 radical (unpaired) electrons. The first-order valence-electron chi connectivity index (χ1n) is 7.00. The van der Waals surface area contributed by atoms with Gasteiger partial charge in [0.05, 0.1) is 0 Å². The normalized spacial score (nSPS) is 10.3. The number of aromatic nitrogens is 3. The Labute approximate surface area is 137 Å². The number of anilines is 2. The average molecular weight is 325 g/mol. The Hall–Kier alpha value is -2.80. The lowest BCUT2D eigenvalue weighted by Gasteiger charge is -2.07. The number of nitrogens with one attached hydrogen (secondary N) is 2. The van der Waals surface area contributed by atoms with Crippen LogP contribution in [0.4, 0.5) is 15.6 Å². The monoisotopic (exact) mass is 325 g/mol. The zero-order chi connectivity index (χ0) is 16.2. The van der Waals surface area contributed by atoms with Gasteiger partial charge in [0.25, 0.3) is 0 Å². The van der Waals surface area contributed by atoms with Crippen molar-refractivity contribution in [3.8, 4) is 10.6 Å². The third kappa shape index (κ3) is 3.89. The number of hydrogen-bond donors (Lipinski definition) is 2. The number of carbonyl (C=O) groups excluding carboxylic acids is 1. The van der Waals surface area contributed by atoms with Gasteiger partial charge in [-0.1, -0.05) is 17.4 Å². The highest BCUT2D eigenvalue weighted by molar-refractivity contribution is 7.18. The Balaban J connectivity index is 1.68. The highest BCUT2D eigenvalue weighted by Crippen LogP contribution is 2.25. The average Bonchev–Trinajstić information content (AvgIpc) is 2.95. The fraction of sp³-hybridized carbons (Fsp3) is 0.125. The van der Waals surface area contributed by atoms with Gasteiger partial charge in [0.1, 0.15) is 5.01 Å². The van der Waals surface area contributed by atoms with Crippen molar-refractivity contribution in [3.63, 3.8) is 0 Å². The second-order valence-electron chi connectivity index (χ2n) is 5.10. The van der Waals surface area contributed by atoms with Gasteiger partial charge in [-0.3, -0.25) is 10.3 Å². The summed E-state index contributed by atoms with van der Waals surface area (Å²) >= 11 is 1.31. The van der Waals surface area contributed by atoms with Gasteiger partial charge in [0.15, 0.2) is 0 Å². The molecule has 0 fully saturated rings. The van der Waals surface area contributed by atoms with Gasteiger partial charge < -0.3 is 5.32 Å². The van der Waals surface area contributed by atoms with Gasteiger partial charge in [-0.15, -0.1) is 10.2 Å². The van der Waals surface area contributed by atoms with Gasteiger partial charge in [-0.05, 0) is 49.2 Å². The summed E-state index contributed by atoms with van der Waals surface area (Å²) in [4.78, 5) is 16.0. The molecule has 3 aromatic rings. The summed E-state index contributed by atoms with van der Waals surface area (Å²) in [7, 11) is 0. The summed E-state index contributed by atoms with van der Waals surface area (Å²) < 4.78 is 0. The lowest BCUT2D eigenvalue weighted by Crippen LogP contribution is -2.19. The molecule has 0 bridgehead atoms. The van der Waals surface area contributed by atoms with E-state index in [0.717, 1.165) is 27.4 Å². The SMILES string of the molecule is Cc1cc(C)cc(NC(=O)Nc2nnc(-c3ccncc3)s2)c1. The first kappa shape index (κ1) is 15.1. The molecule has 0 aliphatic carbocycles. The minimum Gasteiger partial charge on any atom is -0.308 e. The molecular formula is C16H15N5OS. The molecule has 0 saturated carbocycles. The maximum absolute atomic E-state index is 12.1. The van der Waals surface area contributed by atoms with E-state index in [2.05, 4.69) is 31.9 Å². The second kappa shape index (κ2) is 6.53. The Morgan fingerprint density at radius 1 is 1.00 bits per heavy atom. The zero-order valence-corrected chi connectivity index (χ0v) is 13.5. The van der Waals surface area contributed by atoms with Crippen molar-refractivity contribution in [1.29, 1.82) is 0 Å². The Bertz CT molecular complexity index is 811. The predicted octanol–water partition coefficient (Wildman–Crippen LogP) is 3.86. The zero-order valence-electron chi connectivity index (χ0n) is 12.7. The van der Waals surface area contributed by atoms with Crippen molar-refractivity contribution < 1.29 is 4.79 Å².